The fraction of sp³-hybridized carbons (Fsp3) is 0.0769. The van der Waals surface area contributed by atoms with Gasteiger partial charge in [0, 0.05) is 12.1 Å². The number of benzene rings is 2. The molecule has 0 unspecified atom stereocenters. The summed E-state index contributed by atoms with van der Waals surface area (Å²) in [5.74, 6) is -0.455. The van der Waals surface area contributed by atoms with Crippen LogP contribution in [0.5, 0.6) is 5.75 Å². The van der Waals surface area contributed by atoms with Gasteiger partial charge in [0.15, 0.2) is 0 Å². The summed E-state index contributed by atoms with van der Waals surface area (Å²) in [5.41, 5.74) is -0.376. The third kappa shape index (κ3) is 3.31. The maximum Gasteiger partial charge on any atom is 0.271 e. The fourth-order valence-electron chi connectivity index (χ4n) is 1.71. The van der Waals surface area contributed by atoms with Gasteiger partial charge in [-0.2, -0.15) is 0 Å². The van der Waals surface area contributed by atoms with E-state index in [1.165, 1.54) is 19.2 Å². The largest absolute Gasteiger partial charge is 0.495 e. The predicted octanol–water partition coefficient (Wildman–Crippen LogP) is 2.54. The zero-order valence-electron chi connectivity index (χ0n) is 11.3. The van der Waals surface area contributed by atoms with E-state index in [1.807, 2.05) is 0 Å². The van der Waals surface area contributed by atoms with Gasteiger partial charge in [-0.15, -0.1) is 0 Å². The molecule has 7 nitrogen and oxygen atoms in total. The van der Waals surface area contributed by atoms with Crippen molar-refractivity contribution in [3.63, 3.8) is 0 Å². The molecule has 0 bridgehead atoms. The highest BCUT2D eigenvalue weighted by Gasteiger charge is 2.19. The first-order valence-electron chi connectivity index (χ1n) is 5.94. The van der Waals surface area contributed by atoms with Crippen LogP contribution in [-0.4, -0.2) is 20.5 Å². The molecule has 116 valence electrons. The maximum absolute atomic E-state index is 12.9. The number of nitrogens with one attached hydrogen (secondary N) is 1. The number of methoxy groups -OCH3 is 1. The normalized spacial score (nSPS) is 11.0. The summed E-state index contributed by atoms with van der Waals surface area (Å²) >= 11 is 0. The Morgan fingerprint density at radius 1 is 1.18 bits per heavy atom. The molecule has 9 heteroatoms. The first-order chi connectivity index (χ1) is 10.3. The number of non-ortho nitro benzene ring substituents is 1. The van der Waals surface area contributed by atoms with Gasteiger partial charge in [0.1, 0.15) is 11.6 Å². The highest BCUT2D eigenvalue weighted by Crippen LogP contribution is 2.30. The Kier molecular flexibility index (Phi) is 4.27. The molecule has 0 aromatic heterocycles. The standard InChI is InChI=1S/C13H11FN2O5S/c1-21-13-7-4-10(16(17)18)8-12(13)15-22(19,20)11-5-2-9(14)3-6-11/h2-8,15H,1H3. The second kappa shape index (κ2) is 5.98. The first-order valence-corrected chi connectivity index (χ1v) is 7.42. The molecule has 0 spiro atoms. The van der Waals surface area contributed by atoms with Crippen molar-refractivity contribution >= 4 is 21.4 Å². The van der Waals surface area contributed by atoms with Crippen molar-refractivity contribution in [3.8, 4) is 5.75 Å². The van der Waals surface area contributed by atoms with Crippen LogP contribution in [0.2, 0.25) is 0 Å². The van der Waals surface area contributed by atoms with Gasteiger partial charge in [0.2, 0.25) is 0 Å². The summed E-state index contributed by atoms with van der Waals surface area (Å²) in [6, 6.07) is 7.68. The van der Waals surface area contributed by atoms with Gasteiger partial charge in [0.25, 0.3) is 15.7 Å². The van der Waals surface area contributed by atoms with Crippen molar-refractivity contribution in [3.05, 3.63) is 58.4 Å². The lowest BCUT2D eigenvalue weighted by molar-refractivity contribution is -0.384. The van der Waals surface area contributed by atoms with Gasteiger partial charge in [0.05, 0.1) is 22.6 Å². The van der Waals surface area contributed by atoms with Crippen molar-refractivity contribution in [2.75, 3.05) is 11.8 Å². The number of rotatable bonds is 5. The molecular formula is C13H11FN2O5S. The van der Waals surface area contributed by atoms with Gasteiger partial charge in [-0.1, -0.05) is 0 Å². The molecule has 2 aromatic rings. The lowest BCUT2D eigenvalue weighted by Crippen LogP contribution is -2.13. The van der Waals surface area contributed by atoms with Crippen molar-refractivity contribution in [2.45, 2.75) is 4.90 Å². The van der Waals surface area contributed by atoms with Crippen LogP contribution in [0.15, 0.2) is 47.4 Å². The summed E-state index contributed by atoms with van der Waals surface area (Å²) in [4.78, 5) is 9.94. The number of nitro benzene ring substituents is 1. The molecule has 0 aliphatic carbocycles. The summed E-state index contributed by atoms with van der Waals surface area (Å²) in [6.07, 6.45) is 0. The molecule has 0 aliphatic heterocycles. The van der Waals surface area contributed by atoms with Crippen LogP contribution in [0.1, 0.15) is 0 Å². The Morgan fingerprint density at radius 2 is 1.82 bits per heavy atom. The molecule has 1 N–H and O–H groups in total. The summed E-state index contributed by atoms with van der Waals surface area (Å²) < 4.78 is 44.4. The smallest absolute Gasteiger partial charge is 0.271 e. The average Bonchev–Trinajstić information content (AvgIpc) is 2.47. The Bertz CT molecular complexity index is 806. The number of sulfonamides is 1. The Labute approximate surface area is 125 Å². The number of anilines is 1. The van der Waals surface area contributed by atoms with Crippen molar-refractivity contribution < 1.29 is 22.5 Å². The van der Waals surface area contributed by atoms with Crippen LogP contribution in [-0.2, 0) is 10.0 Å². The van der Waals surface area contributed by atoms with Gasteiger partial charge < -0.3 is 4.74 Å². The third-order valence-corrected chi connectivity index (χ3v) is 4.14. The molecule has 0 heterocycles. The van der Waals surface area contributed by atoms with Crippen molar-refractivity contribution in [1.29, 1.82) is 0 Å². The lowest BCUT2D eigenvalue weighted by Gasteiger charge is -2.11. The fourth-order valence-corrected chi connectivity index (χ4v) is 2.77. The Balaban J connectivity index is 2.42. The van der Waals surface area contributed by atoms with E-state index in [-0.39, 0.29) is 22.0 Å². The van der Waals surface area contributed by atoms with E-state index < -0.39 is 20.8 Å². The predicted molar refractivity (Wildman–Crippen MR) is 76.9 cm³/mol. The van der Waals surface area contributed by atoms with Crippen LogP contribution in [0.25, 0.3) is 0 Å². The second-order valence-corrected chi connectivity index (χ2v) is 5.88. The molecular weight excluding hydrogens is 315 g/mol. The molecule has 2 rings (SSSR count). The van der Waals surface area contributed by atoms with E-state index in [4.69, 9.17) is 4.74 Å². The van der Waals surface area contributed by atoms with Crippen LogP contribution >= 0.6 is 0 Å². The number of hydrogen-bond acceptors (Lipinski definition) is 5. The molecule has 0 amide bonds. The molecule has 0 aliphatic rings. The van der Waals surface area contributed by atoms with Gasteiger partial charge in [-0.05, 0) is 30.3 Å². The van der Waals surface area contributed by atoms with E-state index in [1.54, 1.807) is 0 Å². The van der Waals surface area contributed by atoms with Crippen molar-refractivity contribution in [2.24, 2.45) is 0 Å². The summed E-state index contributed by atoms with van der Waals surface area (Å²) in [7, 11) is -2.72. The molecule has 0 atom stereocenters. The zero-order valence-corrected chi connectivity index (χ0v) is 12.1. The SMILES string of the molecule is COc1ccc([N+](=O)[O-])cc1NS(=O)(=O)c1ccc(F)cc1. The first kappa shape index (κ1) is 15.7. The Hall–Kier alpha value is -2.68. The number of halogens is 1. The second-order valence-electron chi connectivity index (χ2n) is 4.20. The maximum atomic E-state index is 12.9. The van der Waals surface area contributed by atoms with Gasteiger partial charge in [-0.3, -0.25) is 14.8 Å². The number of hydrogen-bond donors (Lipinski definition) is 1. The van der Waals surface area contributed by atoms with E-state index in [0.29, 0.717) is 0 Å². The van der Waals surface area contributed by atoms with Crippen molar-refractivity contribution in [1.82, 2.24) is 0 Å². The number of nitrogens with zero attached hydrogens (tertiary/aromatic N) is 1. The summed E-state index contributed by atoms with van der Waals surface area (Å²) in [5, 5.41) is 10.8. The van der Waals surface area contributed by atoms with E-state index in [9.17, 15) is 22.9 Å². The number of nitro groups is 1. The van der Waals surface area contributed by atoms with Crippen LogP contribution in [0.3, 0.4) is 0 Å². The molecule has 22 heavy (non-hydrogen) atoms. The molecule has 2 aromatic carbocycles. The van der Waals surface area contributed by atoms with Crippen LogP contribution in [0, 0.1) is 15.9 Å². The monoisotopic (exact) mass is 326 g/mol. The third-order valence-electron chi connectivity index (χ3n) is 2.76. The molecule has 0 saturated carbocycles. The Morgan fingerprint density at radius 3 is 2.36 bits per heavy atom. The van der Waals surface area contributed by atoms with E-state index >= 15 is 0 Å². The minimum atomic E-state index is -4.02. The topological polar surface area (TPSA) is 98.5 Å². The average molecular weight is 326 g/mol. The highest BCUT2D eigenvalue weighted by atomic mass is 32.2. The minimum absolute atomic E-state index is 0.0824. The van der Waals surface area contributed by atoms with E-state index in [2.05, 4.69) is 4.72 Å². The minimum Gasteiger partial charge on any atom is -0.495 e. The van der Waals surface area contributed by atoms with Crippen LogP contribution in [0.4, 0.5) is 15.8 Å². The molecule has 0 fully saturated rings. The summed E-state index contributed by atoms with van der Waals surface area (Å²) in [6.45, 7) is 0. The quantitative estimate of drug-likeness (QED) is 0.672. The molecule has 0 radical (unpaired) electrons. The zero-order chi connectivity index (χ0) is 16.3. The highest BCUT2D eigenvalue weighted by molar-refractivity contribution is 7.92. The van der Waals surface area contributed by atoms with Crippen LogP contribution < -0.4 is 9.46 Å². The van der Waals surface area contributed by atoms with Gasteiger partial charge in [-0.25, -0.2) is 12.8 Å². The molecule has 0 saturated heterocycles. The lowest BCUT2D eigenvalue weighted by atomic mass is 10.2. The van der Waals surface area contributed by atoms with Gasteiger partial charge >= 0.3 is 0 Å². The van der Waals surface area contributed by atoms with E-state index in [0.717, 1.165) is 30.3 Å². The number of ether oxygens (including phenoxy) is 1.